The van der Waals surface area contributed by atoms with Crippen LogP contribution in [-0.2, 0) is 4.74 Å². The largest absolute Gasteiger partial charge is 0.492 e. The van der Waals surface area contributed by atoms with Gasteiger partial charge in [-0.05, 0) is 51.5 Å². The fourth-order valence-electron chi connectivity index (χ4n) is 1.44. The van der Waals surface area contributed by atoms with E-state index in [0.29, 0.717) is 24.5 Å². The van der Waals surface area contributed by atoms with E-state index in [1.807, 2.05) is 20.8 Å². The Morgan fingerprint density at radius 3 is 2.55 bits per heavy atom. The molecule has 0 aromatic heterocycles. The van der Waals surface area contributed by atoms with Crippen LogP contribution in [0.2, 0.25) is 0 Å². The summed E-state index contributed by atoms with van der Waals surface area (Å²) in [5, 5.41) is 0. The van der Waals surface area contributed by atoms with Crippen LogP contribution in [0.4, 0.5) is 9.18 Å². The van der Waals surface area contributed by atoms with Gasteiger partial charge in [0.15, 0.2) is 0 Å². The molecule has 1 rings (SSSR count). The van der Waals surface area contributed by atoms with Gasteiger partial charge in [0, 0.05) is 7.05 Å². The van der Waals surface area contributed by atoms with Crippen LogP contribution >= 0.6 is 0 Å². The van der Waals surface area contributed by atoms with Crippen LogP contribution in [0.3, 0.4) is 0 Å². The van der Waals surface area contributed by atoms with Crippen molar-refractivity contribution in [1.82, 2.24) is 4.90 Å². The smallest absolute Gasteiger partial charge is 0.410 e. The van der Waals surface area contributed by atoms with E-state index in [2.05, 4.69) is 0 Å². The second-order valence-corrected chi connectivity index (χ2v) is 5.66. The van der Waals surface area contributed by atoms with Gasteiger partial charge >= 0.3 is 6.09 Å². The lowest BCUT2D eigenvalue weighted by molar-refractivity contribution is 0.0278. The van der Waals surface area contributed by atoms with Crippen LogP contribution in [0.25, 0.3) is 0 Å². The maximum absolute atomic E-state index is 13.1. The molecule has 1 amide bonds. The van der Waals surface area contributed by atoms with Gasteiger partial charge in [0.25, 0.3) is 0 Å². The van der Waals surface area contributed by atoms with Gasteiger partial charge in [0.05, 0.1) is 6.54 Å². The van der Waals surface area contributed by atoms with Crippen molar-refractivity contribution in [3.8, 4) is 5.75 Å². The van der Waals surface area contributed by atoms with E-state index < -0.39 is 11.7 Å². The molecule has 0 bridgehead atoms. The molecule has 0 unspecified atom stereocenters. The summed E-state index contributed by atoms with van der Waals surface area (Å²) in [7, 11) is 1.65. The zero-order valence-corrected chi connectivity index (χ0v) is 12.7. The first-order valence-electron chi connectivity index (χ1n) is 6.52. The molecule has 0 heterocycles. The van der Waals surface area contributed by atoms with Crippen molar-refractivity contribution in [2.24, 2.45) is 0 Å². The van der Waals surface area contributed by atoms with Crippen LogP contribution in [0.1, 0.15) is 26.3 Å². The molecule has 0 aliphatic rings. The molecule has 5 heteroatoms. The fraction of sp³-hybridized carbons (Fsp3) is 0.533. The van der Waals surface area contributed by atoms with Crippen molar-refractivity contribution >= 4 is 6.09 Å². The van der Waals surface area contributed by atoms with Crippen molar-refractivity contribution in [3.05, 3.63) is 29.6 Å². The lowest BCUT2D eigenvalue weighted by atomic mass is 10.2. The summed E-state index contributed by atoms with van der Waals surface area (Å²) in [6.07, 6.45) is -0.392. The van der Waals surface area contributed by atoms with Gasteiger partial charge in [-0.2, -0.15) is 0 Å². The molecular weight excluding hydrogens is 261 g/mol. The van der Waals surface area contributed by atoms with E-state index in [9.17, 15) is 9.18 Å². The number of aryl methyl sites for hydroxylation is 1. The molecule has 112 valence electrons. The molecule has 0 aliphatic carbocycles. The highest BCUT2D eigenvalue weighted by atomic mass is 19.1. The Balaban J connectivity index is 2.40. The van der Waals surface area contributed by atoms with Crippen LogP contribution < -0.4 is 4.74 Å². The first-order chi connectivity index (χ1) is 9.19. The summed E-state index contributed by atoms with van der Waals surface area (Å²) in [6, 6.07) is 4.56. The fourth-order valence-corrected chi connectivity index (χ4v) is 1.44. The summed E-state index contributed by atoms with van der Waals surface area (Å²) in [4.78, 5) is 13.1. The average Bonchev–Trinajstić information content (AvgIpc) is 2.31. The molecule has 0 N–H and O–H groups in total. The predicted octanol–water partition coefficient (Wildman–Crippen LogP) is 3.38. The predicted molar refractivity (Wildman–Crippen MR) is 75.5 cm³/mol. The quantitative estimate of drug-likeness (QED) is 0.850. The molecule has 0 saturated carbocycles. The standard InChI is InChI=1S/C15H22FNO3/c1-11-10-12(6-7-13(11)16)19-9-8-17(5)14(18)20-15(2,3)4/h6-7,10H,8-9H2,1-5H3. The number of nitrogens with zero attached hydrogens (tertiary/aromatic N) is 1. The Kier molecular flexibility index (Phi) is 5.36. The van der Waals surface area contributed by atoms with Crippen molar-refractivity contribution < 1.29 is 18.7 Å². The number of benzene rings is 1. The molecule has 20 heavy (non-hydrogen) atoms. The third kappa shape index (κ3) is 5.47. The van der Waals surface area contributed by atoms with Gasteiger partial charge in [-0.15, -0.1) is 0 Å². The Bertz CT molecular complexity index is 469. The molecular formula is C15H22FNO3. The third-order valence-corrected chi connectivity index (χ3v) is 2.53. The molecule has 1 aromatic rings. The molecule has 0 radical (unpaired) electrons. The van der Waals surface area contributed by atoms with Crippen molar-refractivity contribution in [2.45, 2.75) is 33.3 Å². The van der Waals surface area contributed by atoms with Gasteiger partial charge < -0.3 is 14.4 Å². The van der Waals surface area contributed by atoms with E-state index >= 15 is 0 Å². The maximum atomic E-state index is 13.1. The van der Waals surface area contributed by atoms with Crippen molar-refractivity contribution in [1.29, 1.82) is 0 Å². The number of halogens is 1. The molecule has 0 fully saturated rings. The lowest BCUT2D eigenvalue weighted by Crippen LogP contribution is -2.36. The number of carbonyl (C=O) groups excluding carboxylic acids is 1. The van der Waals surface area contributed by atoms with E-state index in [1.54, 1.807) is 26.1 Å². The van der Waals surface area contributed by atoms with Crippen LogP contribution in [0.5, 0.6) is 5.75 Å². The first-order valence-corrected chi connectivity index (χ1v) is 6.52. The Labute approximate surface area is 119 Å². The van der Waals surface area contributed by atoms with Crippen molar-refractivity contribution in [3.63, 3.8) is 0 Å². The second-order valence-electron chi connectivity index (χ2n) is 5.66. The normalized spacial score (nSPS) is 11.1. The second kappa shape index (κ2) is 6.59. The number of carbonyl (C=O) groups is 1. The molecule has 0 spiro atoms. The maximum Gasteiger partial charge on any atom is 0.410 e. The number of amides is 1. The lowest BCUT2D eigenvalue weighted by Gasteiger charge is -2.24. The SMILES string of the molecule is Cc1cc(OCCN(C)C(=O)OC(C)(C)C)ccc1F. The minimum Gasteiger partial charge on any atom is -0.492 e. The third-order valence-electron chi connectivity index (χ3n) is 2.53. The van der Waals surface area contributed by atoms with Gasteiger partial charge in [-0.1, -0.05) is 0 Å². The van der Waals surface area contributed by atoms with Crippen LogP contribution in [0, 0.1) is 12.7 Å². The summed E-state index contributed by atoms with van der Waals surface area (Å²) < 4.78 is 23.8. The molecule has 0 aliphatic heterocycles. The highest BCUT2D eigenvalue weighted by molar-refractivity contribution is 5.67. The first kappa shape index (κ1) is 16.3. The summed E-state index contributed by atoms with van der Waals surface area (Å²) >= 11 is 0. The Morgan fingerprint density at radius 1 is 1.35 bits per heavy atom. The summed E-state index contributed by atoms with van der Waals surface area (Å²) in [5.74, 6) is 0.324. The van der Waals surface area contributed by atoms with Crippen LogP contribution in [0.15, 0.2) is 18.2 Å². The van der Waals surface area contributed by atoms with E-state index in [4.69, 9.17) is 9.47 Å². The summed E-state index contributed by atoms with van der Waals surface area (Å²) in [5.41, 5.74) is 0.0169. The van der Waals surface area contributed by atoms with E-state index in [0.717, 1.165) is 0 Å². The Morgan fingerprint density at radius 2 is 2.00 bits per heavy atom. The highest BCUT2D eigenvalue weighted by Gasteiger charge is 2.19. The highest BCUT2D eigenvalue weighted by Crippen LogP contribution is 2.16. The minimum absolute atomic E-state index is 0.261. The summed E-state index contributed by atoms with van der Waals surface area (Å²) in [6.45, 7) is 7.84. The monoisotopic (exact) mass is 283 g/mol. The van der Waals surface area contributed by atoms with Gasteiger partial charge in [-0.25, -0.2) is 9.18 Å². The zero-order chi connectivity index (χ0) is 15.3. The zero-order valence-electron chi connectivity index (χ0n) is 12.7. The minimum atomic E-state index is -0.514. The van der Waals surface area contributed by atoms with Gasteiger partial charge in [0.1, 0.15) is 23.8 Å². The van der Waals surface area contributed by atoms with Gasteiger partial charge in [-0.3, -0.25) is 0 Å². The topological polar surface area (TPSA) is 38.8 Å². The number of likely N-dealkylation sites (N-methyl/N-ethyl adjacent to an activating group) is 1. The molecule has 0 saturated heterocycles. The Hall–Kier alpha value is -1.78. The molecule has 1 aromatic carbocycles. The number of rotatable bonds is 4. The number of ether oxygens (including phenoxy) is 2. The number of hydrogen-bond donors (Lipinski definition) is 0. The average molecular weight is 283 g/mol. The van der Waals surface area contributed by atoms with Gasteiger partial charge in [0.2, 0.25) is 0 Å². The molecule has 0 atom stereocenters. The number of hydrogen-bond acceptors (Lipinski definition) is 3. The van der Waals surface area contributed by atoms with E-state index in [1.165, 1.54) is 11.0 Å². The molecule has 4 nitrogen and oxygen atoms in total. The van der Waals surface area contributed by atoms with E-state index in [-0.39, 0.29) is 5.82 Å². The van der Waals surface area contributed by atoms with Crippen molar-refractivity contribution in [2.75, 3.05) is 20.2 Å². The van der Waals surface area contributed by atoms with Crippen LogP contribution in [-0.4, -0.2) is 36.8 Å².